The standard InChI is InChI=1S/C74H126O6/c1-4-7-10-13-16-19-22-24-26-28-30-32-34-35-36-37-38-39-40-42-43-45-47-49-52-55-58-61-64-67-73(76)79-70-71(69-78-72(75)66-63-60-57-54-51-21-18-15-12-9-6-3)80-74(77)68-65-62-59-56-53-50-48-46-44-41-33-31-29-27-25-23-20-17-14-11-8-5-2/h7,10,15-16,18-19,24,26,30,32,35-36,38-39,42-43,47,49,71H,4-6,8-9,11-14,17,20-23,25,27-29,31,33-34,37,40-41,44-46,48,50-70H2,1-3H3/b10-7-,18-15-,19-16-,26-24-,32-30-,36-35-,39-38-,43-42-,49-47-. The Morgan fingerprint density at radius 2 is 0.500 bits per heavy atom. The molecular weight excluding hydrogens is 985 g/mol. The topological polar surface area (TPSA) is 78.9 Å². The third-order valence-electron chi connectivity index (χ3n) is 14.5. The van der Waals surface area contributed by atoms with Gasteiger partial charge in [-0.25, -0.2) is 0 Å². The van der Waals surface area contributed by atoms with Gasteiger partial charge >= 0.3 is 17.9 Å². The number of hydrogen-bond acceptors (Lipinski definition) is 6. The van der Waals surface area contributed by atoms with Gasteiger partial charge in [0, 0.05) is 19.3 Å². The minimum absolute atomic E-state index is 0.0889. The second-order valence-corrected chi connectivity index (χ2v) is 22.4. The summed E-state index contributed by atoms with van der Waals surface area (Å²) in [4.78, 5) is 38.3. The van der Waals surface area contributed by atoms with Crippen LogP contribution in [0.2, 0.25) is 0 Å². The molecule has 6 heteroatoms. The molecule has 0 aromatic carbocycles. The van der Waals surface area contributed by atoms with Crippen LogP contribution in [0.5, 0.6) is 0 Å². The van der Waals surface area contributed by atoms with Gasteiger partial charge in [0.25, 0.3) is 0 Å². The molecule has 0 saturated carbocycles. The summed E-state index contributed by atoms with van der Waals surface area (Å²) >= 11 is 0. The molecule has 458 valence electrons. The number of carbonyl (C=O) groups excluding carboxylic acids is 3. The summed E-state index contributed by atoms with van der Waals surface area (Å²) in [5.41, 5.74) is 0. The van der Waals surface area contributed by atoms with E-state index in [0.717, 1.165) is 128 Å². The highest BCUT2D eigenvalue weighted by Crippen LogP contribution is 2.17. The fraction of sp³-hybridized carbons (Fsp3) is 0.716. The average molecular weight is 1110 g/mol. The van der Waals surface area contributed by atoms with E-state index in [-0.39, 0.29) is 31.1 Å². The summed E-state index contributed by atoms with van der Waals surface area (Å²) in [5.74, 6) is -0.912. The van der Waals surface area contributed by atoms with Gasteiger partial charge in [-0.1, -0.05) is 310 Å². The number of carbonyl (C=O) groups is 3. The van der Waals surface area contributed by atoms with Gasteiger partial charge in [-0.3, -0.25) is 14.4 Å². The van der Waals surface area contributed by atoms with E-state index >= 15 is 0 Å². The zero-order chi connectivity index (χ0) is 57.8. The number of unbranched alkanes of at least 4 members (excludes halogenated alkanes) is 32. The Balaban J connectivity index is 4.31. The van der Waals surface area contributed by atoms with Crippen molar-refractivity contribution in [3.05, 3.63) is 109 Å². The van der Waals surface area contributed by atoms with Crippen LogP contribution in [0.3, 0.4) is 0 Å². The molecule has 0 amide bonds. The average Bonchev–Trinajstić information content (AvgIpc) is 3.46. The molecule has 0 heterocycles. The molecule has 1 atom stereocenters. The summed E-state index contributed by atoms with van der Waals surface area (Å²) in [7, 11) is 0. The Bertz CT molecular complexity index is 1610. The highest BCUT2D eigenvalue weighted by Gasteiger charge is 2.19. The summed E-state index contributed by atoms with van der Waals surface area (Å²) in [6.07, 6.45) is 92.5. The van der Waals surface area contributed by atoms with Crippen molar-refractivity contribution in [2.45, 2.75) is 329 Å². The Labute approximate surface area is 495 Å². The van der Waals surface area contributed by atoms with Crippen molar-refractivity contribution >= 4 is 17.9 Å². The monoisotopic (exact) mass is 1110 g/mol. The van der Waals surface area contributed by atoms with Crippen molar-refractivity contribution in [2.24, 2.45) is 0 Å². The zero-order valence-electron chi connectivity index (χ0n) is 52.6. The molecule has 0 fully saturated rings. The van der Waals surface area contributed by atoms with E-state index in [1.54, 1.807) is 0 Å². The predicted octanol–water partition coefficient (Wildman–Crippen LogP) is 23.4. The lowest BCUT2D eigenvalue weighted by Gasteiger charge is -2.18. The first-order valence-corrected chi connectivity index (χ1v) is 33.9. The van der Waals surface area contributed by atoms with Crippen LogP contribution in [-0.2, 0) is 28.6 Å². The highest BCUT2D eigenvalue weighted by molar-refractivity contribution is 5.71. The molecule has 1 unspecified atom stereocenters. The van der Waals surface area contributed by atoms with Crippen molar-refractivity contribution in [3.63, 3.8) is 0 Å². The van der Waals surface area contributed by atoms with Gasteiger partial charge < -0.3 is 14.2 Å². The molecule has 0 aromatic rings. The molecule has 80 heavy (non-hydrogen) atoms. The summed E-state index contributed by atoms with van der Waals surface area (Å²) in [6, 6.07) is 0. The van der Waals surface area contributed by atoms with Crippen molar-refractivity contribution in [3.8, 4) is 0 Å². The van der Waals surface area contributed by atoms with E-state index in [9.17, 15) is 14.4 Å². The van der Waals surface area contributed by atoms with Gasteiger partial charge in [-0.05, 0) is 103 Å². The fourth-order valence-electron chi connectivity index (χ4n) is 9.44. The van der Waals surface area contributed by atoms with Gasteiger partial charge in [-0.15, -0.1) is 0 Å². The van der Waals surface area contributed by atoms with E-state index in [0.29, 0.717) is 19.3 Å². The smallest absolute Gasteiger partial charge is 0.306 e. The third kappa shape index (κ3) is 64.9. The van der Waals surface area contributed by atoms with E-state index in [4.69, 9.17) is 14.2 Å². The Hall–Kier alpha value is -3.93. The minimum atomic E-state index is -0.793. The van der Waals surface area contributed by atoms with Gasteiger partial charge in [0.2, 0.25) is 0 Å². The lowest BCUT2D eigenvalue weighted by molar-refractivity contribution is -0.167. The molecular formula is C74H126O6. The second kappa shape index (κ2) is 67.6. The lowest BCUT2D eigenvalue weighted by Crippen LogP contribution is -2.30. The second-order valence-electron chi connectivity index (χ2n) is 22.4. The summed E-state index contributed by atoms with van der Waals surface area (Å²) in [5, 5.41) is 0. The van der Waals surface area contributed by atoms with Crippen LogP contribution >= 0.6 is 0 Å². The molecule has 0 saturated heterocycles. The van der Waals surface area contributed by atoms with Crippen LogP contribution in [0.1, 0.15) is 323 Å². The number of esters is 3. The van der Waals surface area contributed by atoms with Crippen molar-refractivity contribution in [2.75, 3.05) is 13.2 Å². The van der Waals surface area contributed by atoms with Gasteiger partial charge in [0.15, 0.2) is 6.10 Å². The van der Waals surface area contributed by atoms with Crippen LogP contribution in [0, 0.1) is 0 Å². The first-order valence-electron chi connectivity index (χ1n) is 33.9. The van der Waals surface area contributed by atoms with Gasteiger partial charge in [0.05, 0.1) is 0 Å². The first kappa shape index (κ1) is 76.1. The largest absolute Gasteiger partial charge is 0.462 e. The third-order valence-corrected chi connectivity index (χ3v) is 14.5. The van der Waals surface area contributed by atoms with Crippen LogP contribution in [0.25, 0.3) is 0 Å². The van der Waals surface area contributed by atoms with E-state index in [1.165, 1.54) is 154 Å². The molecule has 0 aromatic heterocycles. The number of ether oxygens (including phenoxy) is 3. The maximum Gasteiger partial charge on any atom is 0.306 e. The van der Waals surface area contributed by atoms with Crippen molar-refractivity contribution in [1.82, 2.24) is 0 Å². The lowest BCUT2D eigenvalue weighted by atomic mass is 10.0. The number of allylic oxidation sites excluding steroid dienone is 18. The molecule has 0 aliphatic carbocycles. The van der Waals surface area contributed by atoms with E-state index in [2.05, 4.69) is 130 Å². The first-order chi connectivity index (χ1) is 39.5. The molecule has 0 radical (unpaired) electrons. The predicted molar refractivity (Wildman–Crippen MR) is 348 cm³/mol. The molecule has 6 nitrogen and oxygen atoms in total. The van der Waals surface area contributed by atoms with Crippen LogP contribution in [-0.4, -0.2) is 37.2 Å². The number of hydrogen-bond donors (Lipinski definition) is 0. The highest BCUT2D eigenvalue weighted by atomic mass is 16.6. The van der Waals surface area contributed by atoms with Crippen molar-refractivity contribution < 1.29 is 28.6 Å². The molecule has 0 aliphatic rings. The van der Waals surface area contributed by atoms with Crippen molar-refractivity contribution in [1.29, 1.82) is 0 Å². The molecule has 0 rings (SSSR count). The van der Waals surface area contributed by atoms with E-state index < -0.39 is 6.10 Å². The Morgan fingerprint density at radius 3 is 0.812 bits per heavy atom. The van der Waals surface area contributed by atoms with Crippen LogP contribution in [0.15, 0.2) is 109 Å². The summed E-state index contributed by atoms with van der Waals surface area (Å²) < 4.78 is 16.9. The Morgan fingerprint density at radius 1 is 0.263 bits per heavy atom. The van der Waals surface area contributed by atoms with Gasteiger partial charge in [-0.2, -0.15) is 0 Å². The number of rotatable bonds is 61. The van der Waals surface area contributed by atoms with Gasteiger partial charge in [0.1, 0.15) is 13.2 Å². The van der Waals surface area contributed by atoms with Crippen LogP contribution in [0.4, 0.5) is 0 Å². The molecule has 0 spiro atoms. The maximum atomic E-state index is 12.9. The maximum absolute atomic E-state index is 12.9. The molecule has 0 bridgehead atoms. The Kier molecular flexibility index (Phi) is 64.3. The van der Waals surface area contributed by atoms with E-state index in [1.807, 2.05) is 0 Å². The quantitative estimate of drug-likeness (QED) is 0.0261. The zero-order valence-corrected chi connectivity index (χ0v) is 52.6. The van der Waals surface area contributed by atoms with Crippen LogP contribution < -0.4 is 0 Å². The SMILES string of the molecule is CC/C=C\C/C=C\C/C=C\C/C=C\C/C=C\C/C=C\C/C=C\C/C=C\CCCCCCC(=O)OCC(COC(=O)CCCCCCC/C=C\CCCC)OC(=O)CCCCCCCCCCCCCCCCCCCCCCCC. The molecule has 0 N–H and O–H groups in total. The summed E-state index contributed by atoms with van der Waals surface area (Å²) in [6.45, 7) is 6.49. The minimum Gasteiger partial charge on any atom is -0.462 e. The fourth-order valence-corrected chi connectivity index (χ4v) is 9.44. The normalized spacial score (nSPS) is 12.8. The molecule has 0 aliphatic heterocycles.